The van der Waals surface area contributed by atoms with E-state index in [1.165, 1.54) is 5.56 Å². The Kier molecular flexibility index (Phi) is 5.52. The fourth-order valence-electron chi connectivity index (χ4n) is 2.05. The first-order valence-corrected chi connectivity index (χ1v) is 7.08. The maximum atomic E-state index is 10.6. The van der Waals surface area contributed by atoms with Crippen LogP contribution in [0.3, 0.4) is 0 Å². The Bertz CT molecular complexity index is 558. The fourth-order valence-corrected chi connectivity index (χ4v) is 2.05. The molecule has 1 unspecified atom stereocenters. The van der Waals surface area contributed by atoms with E-state index < -0.39 is 0 Å². The number of hydrogen-bond acceptors (Lipinski definition) is 3. The molecule has 2 aromatic rings. The van der Waals surface area contributed by atoms with E-state index in [0.29, 0.717) is 12.2 Å². The van der Waals surface area contributed by atoms with Crippen molar-refractivity contribution < 1.29 is 14.6 Å². The Balaban J connectivity index is 1.89. The third-order valence-corrected chi connectivity index (χ3v) is 3.34. The first-order chi connectivity index (χ1) is 10.2. The molecule has 0 radical (unpaired) electrons. The summed E-state index contributed by atoms with van der Waals surface area (Å²) in [6.07, 6.45) is 1.70. The molecule has 2 rings (SSSR count). The van der Waals surface area contributed by atoms with Gasteiger partial charge in [-0.2, -0.15) is 0 Å². The van der Waals surface area contributed by atoms with Crippen LogP contribution in [0.15, 0.2) is 48.5 Å². The molecular weight excluding hydrogens is 264 g/mol. The molecule has 0 spiro atoms. The van der Waals surface area contributed by atoms with Gasteiger partial charge in [0, 0.05) is 12.2 Å². The molecule has 0 heterocycles. The quantitative estimate of drug-likeness (QED) is 0.794. The van der Waals surface area contributed by atoms with Crippen molar-refractivity contribution in [1.29, 1.82) is 0 Å². The Morgan fingerprint density at radius 1 is 1.05 bits per heavy atom. The molecule has 0 aliphatic rings. The first-order valence-electron chi connectivity index (χ1n) is 7.08. The standard InChI is InChI=1S/C18H20O3/c1-14(11-19)10-15-2-4-17(5-3-15)13-21-18-8-6-16(12-20)7-9-18/h2-9,12,14,19H,10-11,13H2,1H3. The van der Waals surface area contributed by atoms with Crippen molar-refractivity contribution >= 4 is 6.29 Å². The molecule has 0 fully saturated rings. The molecule has 0 amide bonds. The Morgan fingerprint density at radius 2 is 1.67 bits per heavy atom. The van der Waals surface area contributed by atoms with Gasteiger partial charge in [0.25, 0.3) is 0 Å². The highest BCUT2D eigenvalue weighted by Crippen LogP contribution is 2.15. The van der Waals surface area contributed by atoms with Gasteiger partial charge >= 0.3 is 0 Å². The van der Waals surface area contributed by atoms with Gasteiger partial charge in [-0.1, -0.05) is 31.2 Å². The number of carbonyl (C=O) groups is 1. The van der Waals surface area contributed by atoms with E-state index >= 15 is 0 Å². The lowest BCUT2D eigenvalue weighted by Crippen LogP contribution is -2.04. The van der Waals surface area contributed by atoms with Gasteiger partial charge in [0.1, 0.15) is 18.6 Å². The van der Waals surface area contributed by atoms with E-state index in [0.717, 1.165) is 24.0 Å². The lowest BCUT2D eigenvalue weighted by atomic mass is 10.0. The lowest BCUT2D eigenvalue weighted by molar-refractivity contribution is 0.112. The van der Waals surface area contributed by atoms with Crippen molar-refractivity contribution in [1.82, 2.24) is 0 Å². The molecule has 0 saturated carbocycles. The average molecular weight is 284 g/mol. The zero-order chi connectivity index (χ0) is 15.1. The molecule has 1 atom stereocenters. The molecule has 21 heavy (non-hydrogen) atoms. The number of ether oxygens (including phenoxy) is 1. The molecule has 2 aromatic carbocycles. The Labute approximate surface area is 125 Å². The van der Waals surface area contributed by atoms with Crippen molar-refractivity contribution in [3.05, 3.63) is 65.2 Å². The van der Waals surface area contributed by atoms with Gasteiger partial charge in [-0.25, -0.2) is 0 Å². The minimum atomic E-state index is 0.210. The van der Waals surface area contributed by atoms with Gasteiger partial charge < -0.3 is 9.84 Å². The summed E-state index contributed by atoms with van der Waals surface area (Å²) in [5.41, 5.74) is 2.95. The third-order valence-electron chi connectivity index (χ3n) is 3.34. The molecule has 1 N–H and O–H groups in total. The molecule has 0 bridgehead atoms. The van der Waals surface area contributed by atoms with Crippen LogP contribution < -0.4 is 4.74 Å². The average Bonchev–Trinajstić information content (AvgIpc) is 2.54. The van der Waals surface area contributed by atoms with Crippen LogP contribution in [0.5, 0.6) is 5.75 Å². The fraction of sp³-hybridized carbons (Fsp3) is 0.278. The van der Waals surface area contributed by atoms with Crippen molar-refractivity contribution in [2.75, 3.05) is 6.61 Å². The van der Waals surface area contributed by atoms with E-state index in [2.05, 4.69) is 12.1 Å². The highest BCUT2D eigenvalue weighted by molar-refractivity contribution is 5.74. The van der Waals surface area contributed by atoms with E-state index in [9.17, 15) is 4.79 Å². The van der Waals surface area contributed by atoms with Crippen LogP contribution in [0.4, 0.5) is 0 Å². The van der Waals surface area contributed by atoms with Crippen LogP contribution in [-0.4, -0.2) is 18.0 Å². The number of aliphatic hydroxyl groups excluding tert-OH is 1. The summed E-state index contributed by atoms with van der Waals surface area (Å²) in [7, 11) is 0. The summed E-state index contributed by atoms with van der Waals surface area (Å²) in [6.45, 7) is 2.73. The van der Waals surface area contributed by atoms with Gasteiger partial charge in [-0.15, -0.1) is 0 Å². The molecule has 0 saturated heterocycles. The van der Waals surface area contributed by atoms with Crippen LogP contribution in [0.1, 0.15) is 28.4 Å². The summed E-state index contributed by atoms with van der Waals surface area (Å²) in [4.78, 5) is 10.6. The van der Waals surface area contributed by atoms with Gasteiger partial charge in [0.15, 0.2) is 0 Å². The Morgan fingerprint density at radius 3 is 2.24 bits per heavy atom. The number of benzene rings is 2. The second-order valence-corrected chi connectivity index (χ2v) is 5.28. The van der Waals surface area contributed by atoms with Crippen molar-refractivity contribution in [3.8, 4) is 5.75 Å². The number of carbonyl (C=O) groups excluding carboxylic acids is 1. The number of aliphatic hydroxyl groups is 1. The van der Waals surface area contributed by atoms with Gasteiger partial charge in [-0.05, 0) is 47.7 Å². The maximum absolute atomic E-state index is 10.6. The van der Waals surface area contributed by atoms with E-state index in [1.807, 2.05) is 19.1 Å². The molecule has 0 aliphatic carbocycles. The predicted octanol–water partition coefficient (Wildman–Crippen LogP) is 3.25. The summed E-state index contributed by atoms with van der Waals surface area (Å²) in [5, 5.41) is 9.06. The minimum Gasteiger partial charge on any atom is -0.489 e. The van der Waals surface area contributed by atoms with Crippen LogP contribution in [0.2, 0.25) is 0 Å². The summed E-state index contributed by atoms with van der Waals surface area (Å²) >= 11 is 0. The summed E-state index contributed by atoms with van der Waals surface area (Å²) in [6, 6.07) is 15.3. The van der Waals surface area contributed by atoms with E-state index in [-0.39, 0.29) is 12.5 Å². The summed E-state index contributed by atoms with van der Waals surface area (Å²) < 4.78 is 5.68. The second kappa shape index (κ2) is 7.60. The van der Waals surface area contributed by atoms with Crippen molar-refractivity contribution in [2.24, 2.45) is 5.92 Å². The number of aldehydes is 1. The number of hydrogen-bond donors (Lipinski definition) is 1. The highest BCUT2D eigenvalue weighted by Gasteiger charge is 2.02. The van der Waals surface area contributed by atoms with Gasteiger partial charge in [-0.3, -0.25) is 4.79 Å². The molecule has 3 heteroatoms. The largest absolute Gasteiger partial charge is 0.489 e. The van der Waals surface area contributed by atoms with Crippen LogP contribution in [0, 0.1) is 5.92 Å². The lowest BCUT2D eigenvalue weighted by Gasteiger charge is -2.09. The van der Waals surface area contributed by atoms with Gasteiger partial charge in [0.05, 0.1) is 0 Å². The molecule has 0 aliphatic heterocycles. The van der Waals surface area contributed by atoms with Crippen LogP contribution >= 0.6 is 0 Å². The normalized spacial score (nSPS) is 11.9. The zero-order valence-corrected chi connectivity index (χ0v) is 12.2. The molecule has 110 valence electrons. The monoisotopic (exact) mass is 284 g/mol. The number of rotatable bonds is 7. The SMILES string of the molecule is CC(CO)Cc1ccc(COc2ccc(C=O)cc2)cc1. The van der Waals surface area contributed by atoms with Crippen LogP contribution in [-0.2, 0) is 13.0 Å². The van der Waals surface area contributed by atoms with Crippen LogP contribution in [0.25, 0.3) is 0 Å². The van der Waals surface area contributed by atoms with Crippen molar-refractivity contribution in [2.45, 2.75) is 20.0 Å². The van der Waals surface area contributed by atoms with Crippen molar-refractivity contribution in [3.63, 3.8) is 0 Å². The topological polar surface area (TPSA) is 46.5 Å². The predicted molar refractivity (Wildman–Crippen MR) is 82.6 cm³/mol. The van der Waals surface area contributed by atoms with Gasteiger partial charge in [0.2, 0.25) is 0 Å². The third kappa shape index (κ3) is 4.72. The molecule has 3 nitrogen and oxygen atoms in total. The maximum Gasteiger partial charge on any atom is 0.150 e. The first kappa shape index (κ1) is 15.3. The van der Waals surface area contributed by atoms with E-state index in [1.54, 1.807) is 24.3 Å². The Hall–Kier alpha value is -2.13. The molecular formula is C18H20O3. The smallest absolute Gasteiger partial charge is 0.150 e. The highest BCUT2D eigenvalue weighted by atomic mass is 16.5. The minimum absolute atomic E-state index is 0.210. The summed E-state index contributed by atoms with van der Waals surface area (Å²) in [5.74, 6) is 1.03. The second-order valence-electron chi connectivity index (χ2n) is 5.28. The zero-order valence-electron chi connectivity index (χ0n) is 12.2. The van der Waals surface area contributed by atoms with E-state index in [4.69, 9.17) is 9.84 Å². The molecule has 0 aromatic heterocycles.